The standard InChI is InChI=1S/C11H23NO2/c1-7(2)6-9(12)10(8(3)4)11(13)14-5/h7-10H,6,12H2,1-5H3. The molecule has 0 fully saturated rings. The molecule has 0 aromatic rings. The lowest BCUT2D eigenvalue weighted by molar-refractivity contribution is -0.148. The van der Waals surface area contributed by atoms with Crippen LogP contribution in [0, 0.1) is 17.8 Å². The zero-order chi connectivity index (χ0) is 11.3. The van der Waals surface area contributed by atoms with E-state index in [1.807, 2.05) is 13.8 Å². The molecule has 3 nitrogen and oxygen atoms in total. The largest absolute Gasteiger partial charge is 0.469 e. The average Bonchev–Trinajstić information content (AvgIpc) is 2.01. The summed E-state index contributed by atoms with van der Waals surface area (Å²) in [5.41, 5.74) is 6.00. The summed E-state index contributed by atoms with van der Waals surface area (Å²) in [6.07, 6.45) is 0.859. The Balaban J connectivity index is 4.41. The lowest BCUT2D eigenvalue weighted by Gasteiger charge is -2.26. The highest BCUT2D eigenvalue weighted by molar-refractivity contribution is 5.73. The van der Waals surface area contributed by atoms with E-state index in [1.165, 1.54) is 7.11 Å². The number of rotatable bonds is 5. The van der Waals surface area contributed by atoms with Crippen LogP contribution in [-0.2, 0) is 9.53 Å². The van der Waals surface area contributed by atoms with Crippen molar-refractivity contribution < 1.29 is 9.53 Å². The highest BCUT2D eigenvalue weighted by Crippen LogP contribution is 2.20. The van der Waals surface area contributed by atoms with Gasteiger partial charge in [-0.15, -0.1) is 0 Å². The van der Waals surface area contributed by atoms with Gasteiger partial charge in [0, 0.05) is 6.04 Å². The van der Waals surface area contributed by atoms with E-state index in [1.54, 1.807) is 0 Å². The molecular formula is C11H23NO2. The number of esters is 1. The highest BCUT2D eigenvalue weighted by Gasteiger charge is 2.29. The van der Waals surface area contributed by atoms with Gasteiger partial charge in [-0.2, -0.15) is 0 Å². The lowest BCUT2D eigenvalue weighted by atomic mass is 9.85. The summed E-state index contributed by atoms with van der Waals surface area (Å²) >= 11 is 0. The number of carbonyl (C=O) groups excluding carboxylic acids is 1. The quantitative estimate of drug-likeness (QED) is 0.690. The molecule has 0 saturated carbocycles. The van der Waals surface area contributed by atoms with Gasteiger partial charge < -0.3 is 10.5 Å². The van der Waals surface area contributed by atoms with Crippen LogP contribution in [0.25, 0.3) is 0 Å². The maximum absolute atomic E-state index is 11.5. The minimum absolute atomic E-state index is 0.0950. The summed E-state index contributed by atoms with van der Waals surface area (Å²) in [4.78, 5) is 11.5. The van der Waals surface area contributed by atoms with Crippen molar-refractivity contribution in [2.45, 2.75) is 40.2 Å². The van der Waals surface area contributed by atoms with Gasteiger partial charge in [0.05, 0.1) is 13.0 Å². The molecule has 0 saturated heterocycles. The van der Waals surface area contributed by atoms with Gasteiger partial charge in [-0.3, -0.25) is 4.79 Å². The smallest absolute Gasteiger partial charge is 0.310 e. The fourth-order valence-corrected chi connectivity index (χ4v) is 1.77. The second-order valence-corrected chi connectivity index (χ2v) is 4.59. The van der Waals surface area contributed by atoms with Crippen molar-refractivity contribution >= 4 is 5.97 Å². The number of nitrogens with two attached hydrogens (primary N) is 1. The van der Waals surface area contributed by atoms with E-state index in [2.05, 4.69) is 13.8 Å². The number of hydrogen-bond acceptors (Lipinski definition) is 3. The van der Waals surface area contributed by atoms with Gasteiger partial charge in [-0.1, -0.05) is 27.7 Å². The molecule has 0 aliphatic rings. The second-order valence-electron chi connectivity index (χ2n) is 4.59. The fourth-order valence-electron chi connectivity index (χ4n) is 1.77. The molecule has 0 aliphatic heterocycles. The molecule has 14 heavy (non-hydrogen) atoms. The third kappa shape index (κ3) is 4.09. The first kappa shape index (κ1) is 13.4. The van der Waals surface area contributed by atoms with E-state index in [4.69, 9.17) is 10.5 Å². The van der Waals surface area contributed by atoms with Crippen LogP contribution in [0.15, 0.2) is 0 Å². The summed E-state index contributed by atoms with van der Waals surface area (Å²) in [6, 6.07) is -0.0950. The van der Waals surface area contributed by atoms with Crippen molar-refractivity contribution in [1.29, 1.82) is 0 Å². The SMILES string of the molecule is COC(=O)C(C(C)C)C(N)CC(C)C. The van der Waals surface area contributed by atoms with Crippen molar-refractivity contribution in [3.63, 3.8) is 0 Å². The molecule has 0 aromatic carbocycles. The number of methoxy groups -OCH3 is 1. The molecule has 2 unspecified atom stereocenters. The first-order valence-corrected chi connectivity index (χ1v) is 5.23. The second kappa shape index (κ2) is 6.02. The van der Waals surface area contributed by atoms with Crippen LogP contribution < -0.4 is 5.73 Å². The zero-order valence-electron chi connectivity index (χ0n) is 9.91. The lowest BCUT2D eigenvalue weighted by Crippen LogP contribution is -2.40. The Morgan fingerprint density at radius 2 is 1.79 bits per heavy atom. The molecule has 0 aliphatic carbocycles. The van der Waals surface area contributed by atoms with Gasteiger partial charge in [0.1, 0.15) is 0 Å². The third-order valence-electron chi connectivity index (χ3n) is 2.40. The maximum atomic E-state index is 11.5. The molecule has 0 heterocycles. The highest BCUT2D eigenvalue weighted by atomic mass is 16.5. The van der Waals surface area contributed by atoms with Crippen molar-refractivity contribution in [3.05, 3.63) is 0 Å². The third-order valence-corrected chi connectivity index (χ3v) is 2.40. The summed E-state index contributed by atoms with van der Waals surface area (Å²) in [5.74, 6) is 0.377. The van der Waals surface area contributed by atoms with Gasteiger partial charge in [0.2, 0.25) is 0 Å². The van der Waals surface area contributed by atoms with Crippen LogP contribution in [0.2, 0.25) is 0 Å². The molecule has 0 radical (unpaired) electrons. The Labute approximate surface area is 87.0 Å². The van der Waals surface area contributed by atoms with Crippen LogP contribution in [0.1, 0.15) is 34.1 Å². The minimum atomic E-state index is -0.187. The molecule has 0 aromatic heterocycles. The van der Waals surface area contributed by atoms with Crippen molar-refractivity contribution in [3.8, 4) is 0 Å². The number of ether oxygens (including phenoxy) is 1. The van der Waals surface area contributed by atoms with Crippen LogP contribution in [0.4, 0.5) is 0 Å². The molecule has 84 valence electrons. The monoisotopic (exact) mass is 201 g/mol. The Morgan fingerprint density at radius 3 is 2.07 bits per heavy atom. The van der Waals surface area contributed by atoms with E-state index < -0.39 is 0 Å². The molecule has 0 amide bonds. The van der Waals surface area contributed by atoms with Gasteiger partial charge in [-0.05, 0) is 18.3 Å². The van der Waals surface area contributed by atoms with E-state index >= 15 is 0 Å². The molecule has 0 bridgehead atoms. The molecule has 0 spiro atoms. The van der Waals surface area contributed by atoms with Crippen molar-refractivity contribution in [1.82, 2.24) is 0 Å². The topological polar surface area (TPSA) is 52.3 Å². The summed E-state index contributed by atoms with van der Waals surface area (Å²) in [6.45, 7) is 8.21. The molecule has 2 N–H and O–H groups in total. The fraction of sp³-hybridized carbons (Fsp3) is 0.909. The van der Waals surface area contributed by atoms with E-state index in [9.17, 15) is 4.79 Å². The van der Waals surface area contributed by atoms with Gasteiger partial charge in [0.15, 0.2) is 0 Å². The van der Waals surface area contributed by atoms with Crippen LogP contribution in [-0.4, -0.2) is 19.1 Å². The van der Waals surface area contributed by atoms with Gasteiger partial charge in [0.25, 0.3) is 0 Å². The zero-order valence-corrected chi connectivity index (χ0v) is 9.91. The van der Waals surface area contributed by atoms with E-state index in [0.29, 0.717) is 5.92 Å². The minimum Gasteiger partial charge on any atom is -0.469 e. The summed E-state index contributed by atoms with van der Waals surface area (Å²) in [5, 5.41) is 0. The average molecular weight is 201 g/mol. The van der Waals surface area contributed by atoms with Crippen LogP contribution >= 0.6 is 0 Å². The predicted octanol–water partition coefficient (Wildman–Crippen LogP) is 1.80. The molecular weight excluding hydrogens is 178 g/mol. The Hall–Kier alpha value is -0.570. The Kier molecular flexibility index (Phi) is 5.77. The molecule has 3 heteroatoms. The van der Waals surface area contributed by atoms with Crippen LogP contribution in [0.5, 0.6) is 0 Å². The molecule has 0 rings (SSSR count). The van der Waals surface area contributed by atoms with Crippen LogP contribution in [0.3, 0.4) is 0 Å². The Morgan fingerprint density at radius 1 is 1.29 bits per heavy atom. The summed E-state index contributed by atoms with van der Waals surface area (Å²) in [7, 11) is 1.42. The van der Waals surface area contributed by atoms with E-state index in [0.717, 1.165) is 6.42 Å². The van der Waals surface area contributed by atoms with Crippen molar-refractivity contribution in [2.75, 3.05) is 7.11 Å². The molecule has 2 atom stereocenters. The maximum Gasteiger partial charge on any atom is 0.310 e. The van der Waals surface area contributed by atoms with E-state index in [-0.39, 0.29) is 23.8 Å². The van der Waals surface area contributed by atoms with Crippen molar-refractivity contribution in [2.24, 2.45) is 23.5 Å². The van der Waals surface area contributed by atoms with Gasteiger partial charge >= 0.3 is 5.97 Å². The number of carbonyl (C=O) groups is 1. The predicted molar refractivity (Wildman–Crippen MR) is 57.8 cm³/mol. The van der Waals surface area contributed by atoms with Gasteiger partial charge in [-0.25, -0.2) is 0 Å². The Bertz CT molecular complexity index is 178. The number of hydrogen-bond donors (Lipinski definition) is 1. The first-order chi connectivity index (χ1) is 6.40. The normalized spacial score (nSPS) is 15.7. The summed E-state index contributed by atoms with van der Waals surface area (Å²) < 4.78 is 4.76. The first-order valence-electron chi connectivity index (χ1n) is 5.23.